The molecule has 0 aromatic heterocycles. The first-order chi connectivity index (χ1) is 14.6. The molecule has 0 unspecified atom stereocenters. The largest absolute Gasteiger partial charge is 0.486 e. The van der Waals surface area contributed by atoms with E-state index >= 15 is 0 Å². The Morgan fingerprint density at radius 2 is 1.70 bits per heavy atom. The van der Waals surface area contributed by atoms with Crippen LogP contribution < -0.4 is 14.4 Å². The van der Waals surface area contributed by atoms with Crippen LogP contribution >= 0.6 is 0 Å². The summed E-state index contributed by atoms with van der Waals surface area (Å²) in [5, 5.41) is 8.88. The number of anilines is 1. The Morgan fingerprint density at radius 1 is 1.00 bits per heavy atom. The lowest BCUT2D eigenvalue weighted by molar-refractivity contribution is -0.132. The van der Waals surface area contributed by atoms with Gasteiger partial charge in [-0.2, -0.15) is 5.26 Å². The molecule has 7 heteroatoms. The van der Waals surface area contributed by atoms with Crippen LogP contribution in [0.2, 0.25) is 0 Å². The molecule has 0 aliphatic carbocycles. The smallest absolute Gasteiger partial charge is 0.227 e. The maximum atomic E-state index is 12.7. The minimum absolute atomic E-state index is 0.0879. The third-order valence-corrected chi connectivity index (χ3v) is 4.82. The van der Waals surface area contributed by atoms with Crippen molar-refractivity contribution in [1.29, 1.82) is 5.26 Å². The van der Waals surface area contributed by atoms with Crippen LogP contribution in [-0.4, -0.2) is 43.5 Å². The van der Waals surface area contributed by atoms with Crippen LogP contribution in [-0.2, 0) is 16.1 Å². The van der Waals surface area contributed by atoms with Crippen LogP contribution in [0.15, 0.2) is 48.5 Å². The number of nitrogens with zero attached hydrogens (tertiary/aromatic N) is 3. The predicted molar refractivity (Wildman–Crippen MR) is 112 cm³/mol. The molecule has 3 rings (SSSR count). The van der Waals surface area contributed by atoms with Gasteiger partial charge < -0.3 is 19.3 Å². The number of rotatable bonds is 8. The quantitative estimate of drug-likeness (QED) is 0.671. The Kier molecular flexibility index (Phi) is 7.28. The van der Waals surface area contributed by atoms with Gasteiger partial charge in [0.15, 0.2) is 11.5 Å². The highest BCUT2D eigenvalue weighted by molar-refractivity contribution is 5.95. The Hall–Kier alpha value is -3.53. The summed E-state index contributed by atoms with van der Waals surface area (Å²) in [6.07, 6.45) is 0.430. The molecule has 0 bridgehead atoms. The standard InChI is InChI=1S/C23H25N3O4/c1-25(17-18-8-9-20-21(16-18)30-15-14-29-20)22(27)10-11-23(28)26(13-5-12-24)19-6-3-2-4-7-19/h2-4,6-9,16H,5,10-11,13-15,17H2,1H3. The van der Waals surface area contributed by atoms with E-state index in [9.17, 15) is 9.59 Å². The molecule has 0 fully saturated rings. The molecule has 1 heterocycles. The van der Waals surface area contributed by atoms with Gasteiger partial charge in [0, 0.05) is 38.7 Å². The number of carbonyl (C=O) groups is 2. The van der Waals surface area contributed by atoms with Gasteiger partial charge in [0.2, 0.25) is 11.8 Å². The maximum absolute atomic E-state index is 12.7. The highest BCUT2D eigenvalue weighted by atomic mass is 16.6. The summed E-state index contributed by atoms with van der Waals surface area (Å²) >= 11 is 0. The molecule has 1 aliphatic heterocycles. The van der Waals surface area contributed by atoms with Crippen molar-refractivity contribution < 1.29 is 19.1 Å². The number of amides is 2. The van der Waals surface area contributed by atoms with Gasteiger partial charge in [-0.3, -0.25) is 9.59 Å². The summed E-state index contributed by atoms with van der Waals surface area (Å²) in [7, 11) is 1.72. The van der Waals surface area contributed by atoms with Crippen molar-refractivity contribution in [2.75, 3.05) is 31.7 Å². The summed E-state index contributed by atoms with van der Waals surface area (Å²) < 4.78 is 11.1. The van der Waals surface area contributed by atoms with Gasteiger partial charge in [0.05, 0.1) is 12.5 Å². The number of benzene rings is 2. The second-order valence-electron chi connectivity index (χ2n) is 7.02. The molecule has 156 valence electrons. The van der Waals surface area contributed by atoms with E-state index in [1.54, 1.807) is 16.8 Å². The SMILES string of the molecule is CN(Cc1ccc2c(c1)OCCO2)C(=O)CCC(=O)N(CCC#N)c1ccccc1. The monoisotopic (exact) mass is 407 g/mol. The third kappa shape index (κ3) is 5.51. The fourth-order valence-corrected chi connectivity index (χ4v) is 3.26. The van der Waals surface area contributed by atoms with E-state index in [0.717, 1.165) is 11.3 Å². The van der Waals surface area contributed by atoms with Gasteiger partial charge in [-0.1, -0.05) is 24.3 Å². The van der Waals surface area contributed by atoms with Crippen LogP contribution in [0.25, 0.3) is 0 Å². The van der Waals surface area contributed by atoms with E-state index < -0.39 is 0 Å². The van der Waals surface area contributed by atoms with E-state index in [1.165, 1.54) is 0 Å². The number of hydrogen-bond donors (Lipinski definition) is 0. The van der Waals surface area contributed by atoms with Gasteiger partial charge in [-0.15, -0.1) is 0 Å². The Labute approximate surface area is 176 Å². The number of hydrogen-bond acceptors (Lipinski definition) is 5. The first-order valence-electron chi connectivity index (χ1n) is 9.93. The summed E-state index contributed by atoms with van der Waals surface area (Å²) in [5.74, 6) is 1.11. The van der Waals surface area contributed by atoms with Crippen molar-refractivity contribution in [1.82, 2.24) is 4.90 Å². The topological polar surface area (TPSA) is 82.9 Å². The first kappa shape index (κ1) is 21.2. The Bertz CT molecular complexity index is 924. The van der Waals surface area contributed by atoms with Crippen molar-refractivity contribution in [3.63, 3.8) is 0 Å². The normalized spacial score (nSPS) is 12.0. The van der Waals surface area contributed by atoms with Gasteiger partial charge in [-0.05, 0) is 29.8 Å². The van der Waals surface area contributed by atoms with Crippen molar-refractivity contribution >= 4 is 17.5 Å². The fourth-order valence-electron chi connectivity index (χ4n) is 3.26. The van der Waals surface area contributed by atoms with Crippen LogP contribution in [0, 0.1) is 11.3 Å². The average Bonchev–Trinajstić information content (AvgIpc) is 2.78. The molecule has 0 saturated carbocycles. The summed E-state index contributed by atoms with van der Waals surface area (Å²) in [6, 6.07) is 16.9. The molecular formula is C23H25N3O4. The predicted octanol–water partition coefficient (Wildman–Crippen LogP) is 3.14. The number of para-hydroxylation sites is 1. The molecule has 0 N–H and O–H groups in total. The summed E-state index contributed by atoms with van der Waals surface area (Å²) in [4.78, 5) is 28.4. The Morgan fingerprint density at radius 3 is 2.43 bits per heavy atom. The van der Waals surface area contributed by atoms with E-state index in [0.29, 0.717) is 37.8 Å². The molecule has 2 aromatic rings. The van der Waals surface area contributed by atoms with Crippen LogP contribution in [0.4, 0.5) is 5.69 Å². The van der Waals surface area contributed by atoms with Gasteiger partial charge >= 0.3 is 0 Å². The summed E-state index contributed by atoms with van der Waals surface area (Å²) in [5.41, 5.74) is 1.66. The number of nitriles is 1. The zero-order valence-electron chi connectivity index (χ0n) is 17.0. The lowest BCUT2D eigenvalue weighted by atomic mass is 10.1. The van der Waals surface area contributed by atoms with Gasteiger partial charge in [0.1, 0.15) is 13.2 Å². The second-order valence-corrected chi connectivity index (χ2v) is 7.02. The minimum Gasteiger partial charge on any atom is -0.486 e. The van der Waals surface area contributed by atoms with Crippen molar-refractivity contribution in [2.24, 2.45) is 0 Å². The average molecular weight is 407 g/mol. The number of fused-ring (bicyclic) bond motifs is 1. The Balaban J connectivity index is 1.55. The molecule has 2 aromatic carbocycles. The molecule has 0 atom stereocenters. The number of ether oxygens (including phenoxy) is 2. The number of carbonyl (C=O) groups excluding carboxylic acids is 2. The van der Waals surface area contributed by atoms with E-state index in [4.69, 9.17) is 14.7 Å². The van der Waals surface area contributed by atoms with Crippen LogP contribution in [0.5, 0.6) is 11.5 Å². The van der Waals surface area contributed by atoms with Crippen molar-refractivity contribution in [3.05, 3.63) is 54.1 Å². The fraction of sp³-hybridized carbons (Fsp3) is 0.348. The molecule has 2 amide bonds. The zero-order chi connectivity index (χ0) is 21.3. The lowest BCUT2D eigenvalue weighted by Gasteiger charge is -2.23. The lowest BCUT2D eigenvalue weighted by Crippen LogP contribution is -2.33. The highest BCUT2D eigenvalue weighted by Gasteiger charge is 2.19. The molecule has 0 spiro atoms. The van der Waals surface area contributed by atoms with Crippen molar-refractivity contribution in [3.8, 4) is 17.6 Å². The van der Waals surface area contributed by atoms with Crippen LogP contribution in [0.3, 0.4) is 0 Å². The molecule has 7 nitrogen and oxygen atoms in total. The van der Waals surface area contributed by atoms with Gasteiger partial charge in [-0.25, -0.2) is 0 Å². The van der Waals surface area contributed by atoms with E-state index in [2.05, 4.69) is 6.07 Å². The molecule has 0 radical (unpaired) electrons. The highest BCUT2D eigenvalue weighted by Crippen LogP contribution is 2.31. The van der Waals surface area contributed by atoms with Crippen LogP contribution in [0.1, 0.15) is 24.8 Å². The first-order valence-corrected chi connectivity index (χ1v) is 9.93. The summed E-state index contributed by atoms with van der Waals surface area (Å²) in [6.45, 7) is 1.77. The second kappa shape index (κ2) is 10.3. The van der Waals surface area contributed by atoms with Crippen molar-refractivity contribution in [2.45, 2.75) is 25.8 Å². The maximum Gasteiger partial charge on any atom is 0.227 e. The zero-order valence-corrected chi connectivity index (χ0v) is 17.0. The van der Waals surface area contributed by atoms with E-state index in [-0.39, 0.29) is 31.1 Å². The van der Waals surface area contributed by atoms with E-state index in [1.807, 2.05) is 48.5 Å². The van der Waals surface area contributed by atoms with Gasteiger partial charge in [0.25, 0.3) is 0 Å². The molecule has 30 heavy (non-hydrogen) atoms. The molecule has 0 saturated heterocycles. The minimum atomic E-state index is -0.169. The molecule has 1 aliphatic rings. The third-order valence-electron chi connectivity index (χ3n) is 4.82. The molecular weight excluding hydrogens is 382 g/mol.